The lowest BCUT2D eigenvalue weighted by Gasteiger charge is -2.23. The molecular weight excluding hydrogens is 410 g/mol. The van der Waals surface area contributed by atoms with Gasteiger partial charge in [0.25, 0.3) is 0 Å². The summed E-state index contributed by atoms with van der Waals surface area (Å²) in [7, 11) is 0. The van der Waals surface area contributed by atoms with Gasteiger partial charge in [-0.2, -0.15) is 4.98 Å². The van der Waals surface area contributed by atoms with Crippen LogP contribution >= 0.6 is 28.3 Å². The minimum atomic E-state index is -0.659. The van der Waals surface area contributed by atoms with E-state index in [9.17, 15) is 9.90 Å². The van der Waals surface area contributed by atoms with Gasteiger partial charge in [-0.1, -0.05) is 39.6 Å². The molecule has 0 unspecified atom stereocenters. The molecule has 0 bridgehead atoms. The maximum atomic E-state index is 11.7. The molecule has 2 fully saturated rings. The largest absolute Gasteiger partial charge is 0.481 e. The van der Waals surface area contributed by atoms with Gasteiger partial charge in [-0.15, -0.1) is 12.4 Å². The molecule has 6 nitrogen and oxygen atoms in total. The molecule has 1 N–H and O–H groups in total. The van der Waals surface area contributed by atoms with E-state index in [4.69, 9.17) is 4.52 Å². The fraction of sp³-hybridized carbons (Fsp3) is 0.471. The molecule has 25 heavy (non-hydrogen) atoms. The lowest BCUT2D eigenvalue weighted by Crippen LogP contribution is -2.35. The number of aromatic nitrogens is 2. The van der Waals surface area contributed by atoms with Gasteiger partial charge in [0.1, 0.15) is 0 Å². The third kappa shape index (κ3) is 3.32. The third-order valence-electron chi connectivity index (χ3n) is 5.28. The molecule has 0 spiro atoms. The van der Waals surface area contributed by atoms with E-state index in [0.717, 1.165) is 35.8 Å². The highest BCUT2D eigenvalue weighted by Crippen LogP contribution is 2.49. The fourth-order valence-electron chi connectivity index (χ4n) is 4.12. The van der Waals surface area contributed by atoms with Crippen LogP contribution in [0.3, 0.4) is 0 Å². The number of carbonyl (C=O) groups is 1. The van der Waals surface area contributed by atoms with Crippen molar-refractivity contribution in [3.8, 4) is 11.4 Å². The summed E-state index contributed by atoms with van der Waals surface area (Å²) >= 11 is 3.43. The number of benzene rings is 1. The Balaban J connectivity index is 0.00000182. The van der Waals surface area contributed by atoms with Crippen molar-refractivity contribution >= 4 is 34.3 Å². The zero-order valence-electron chi connectivity index (χ0n) is 13.5. The Morgan fingerprint density at radius 3 is 3.04 bits per heavy atom. The summed E-state index contributed by atoms with van der Waals surface area (Å²) in [6.45, 7) is 1.87. The van der Waals surface area contributed by atoms with Crippen molar-refractivity contribution < 1.29 is 14.4 Å². The van der Waals surface area contributed by atoms with Crippen molar-refractivity contribution in [1.29, 1.82) is 0 Å². The molecule has 1 aliphatic heterocycles. The summed E-state index contributed by atoms with van der Waals surface area (Å²) in [5.74, 6) is 0.666. The van der Waals surface area contributed by atoms with Crippen LogP contribution in [0.2, 0.25) is 0 Å². The first-order valence-electron chi connectivity index (χ1n) is 8.11. The molecule has 134 valence electrons. The van der Waals surface area contributed by atoms with Crippen LogP contribution in [0.15, 0.2) is 33.3 Å². The highest BCUT2D eigenvalue weighted by molar-refractivity contribution is 9.10. The van der Waals surface area contributed by atoms with Crippen LogP contribution in [0, 0.1) is 11.3 Å². The Kier molecular flexibility index (Phi) is 5.18. The summed E-state index contributed by atoms with van der Waals surface area (Å²) in [6, 6.07) is 7.74. The van der Waals surface area contributed by atoms with E-state index in [-0.39, 0.29) is 18.3 Å². The zero-order chi connectivity index (χ0) is 16.7. The van der Waals surface area contributed by atoms with Gasteiger partial charge in [-0.3, -0.25) is 9.69 Å². The number of rotatable bonds is 4. The van der Waals surface area contributed by atoms with Crippen LogP contribution in [0.1, 0.15) is 25.2 Å². The molecule has 0 amide bonds. The minimum Gasteiger partial charge on any atom is -0.481 e. The monoisotopic (exact) mass is 427 g/mol. The summed E-state index contributed by atoms with van der Waals surface area (Å²) in [5.41, 5.74) is 0.312. The molecule has 1 saturated carbocycles. The number of halogens is 2. The molecule has 8 heteroatoms. The first-order chi connectivity index (χ1) is 11.6. The lowest BCUT2D eigenvalue weighted by atomic mass is 9.81. The summed E-state index contributed by atoms with van der Waals surface area (Å²) < 4.78 is 6.33. The van der Waals surface area contributed by atoms with E-state index in [1.54, 1.807) is 0 Å². The molecule has 0 radical (unpaired) electrons. The molecule has 1 aliphatic carbocycles. The Labute approximate surface area is 160 Å². The van der Waals surface area contributed by atoms with Gasteiger partial charge >= 0.3 is 5.97 Å². The topological polar surface area (TPSA) is 79.5 Å². The van der Waals surface area contributed by atoms with Crippen molar-refractivity contribution in [2.24, 2.45) is 11.3 Å². The highest BCUT2D eigenvalue weighted by atomic mass is 79.9. The van der Waals surface area contributed by atoms with Crippen molar-refractivity contribution in [2.45, 2.75) is 25.8 Å². The standard InChI is InChI=1S/C17H18BrN3O3.ClH/c18-13-5-1-3-11(7-13)15-19-14(24-20-15)9-21-8-12-4-2-6-17(12,10-21)16(22)23;/h1,3,5,7,12H,2,4,6,8-10H2,(H,22,23);1H/t12-,17+;/m0./s1. The van der Waals surface area contributed by atoms with Gasteiger partial charge in [0, 0.05) is 23.1 Å². The quantitative estimate of drug-likeness (QED) is 0.801. The molecule has 1 saturated heterocycles. The molecule has 2 heterocycles. The van der Waals surface area contributed by atoms with Crippen LogP contribution < -0.4 is 0 Å². The van der Waals surface area contributed by atoms with Gasteiger partial charge in [0.05, 0.1) is 12.0 Å². The van der Waals surface area contributed by atoms with Gasteiger partial charge in [0.2, 0.25) is 11.7 Å². The third-order valence-corrected chi connectivity index (χ3v) is 5.77. The van der Waals surface area contributed by atoms with Gasteiger partial charge in [0.15, 0.2) is 0 Å². The summed E-state index contributed by atoms with van der Waals surface area (Å²) in [5, 5.41) is 13.7. The van der Waals surface area contributed by atoms with E-state index in [2.05, 4.69) is 31.0 Å². The second-order valence-electron chi connectivity index (χ2n) is 6.74. The Morgan fingerprint density at radius 1 is 1.48 bits per heavy atom. The second kappa shape index (κ2) is 7.05. The first kappa shape index (κ1) is 18.4. The molecule has 2 aliphatic rings. The van der Waals surface area contributed by atoms with Gasteiger partial charge < -0.3 is 9.63 Å². The van der Waals surface area contributed by atoms with Crippen LogP contribution in [0.4, 0.5) is 0 Å². The number of fused-ring (bicyclic) bond motifs is 1. The van der Waals surface area contributed by atoms with Crippen molar-refractivity contribution in [3.05, 3.63) is 34.6 Å². The molecule has 4 rings (SSSR count). The van der Waals surface area contributed by atoms with Crippen molar-refractivity contribution in [1.82, 2.24) is 15.0 Å². The molecule has 1 aromatic carbocycles. The van der Waals surface area contributed by atoms with Crippen molar-refractivity contribution in [3.63, 3.8) is 0 Å². The highest BCUT2D eigenvalue weighted by Gasteiger charge is 2.54. The predicted molar refractivity (Wildman–Crippen MR) is 97.4 cm³/mol. The Bertz CT molecular complexity index is 784. The van der Waals surface area contributed by atoms with E-state index < -0.39 is 11.4 Å². The predicted octanol–water partition coefficient (Wildman–Crippen LogP) is 3.61. The SMILES string of the molecule is Cl.O=C(O)[C@@]12CCC[C@H]1CN(Cc1nc(-c3cccc(Br)c3)no1)C2. The van der Waals surface area contributed by atoms with E-state index in [1.165, 1.54) is 0 Å². The van der Waals surface area contributed by atoms with Crippen LogP contribution in [0.5, 0.6) is 0 Å². The lowest BCUT2D eigenvalue weighted by molar-refractivity contribution is -0.149. The Morgan fingerprint density at radius 2 is 2.32 bits per heavy atom. The number of nitrogens with zero attached hydrogens (tertiary/aromatic N) is 3. The molecule has 2 atom stereocenters. The van der Waals surface area contributed by atoms with Crippen molar-refractivity contribution in [2.75, 3.05) is 13.1 Å². The molecular formula is C17H19BrClN3O3. The number of carboxylic acids is 1. The summed E-state index contributed by atoms with van der Waals surface area (Å²) in [6.07, 6.45) is 2.78. The van der Waals surface area contributed by atoms with E-state index in [0.29, 0.717) is 24.8 Å². The van der Waals surface area contributed by atoms with Crippen LogP contribution in [-0.2, 0) is 11.3 Å². The maximum absolute atomic E-state index is 11.7. The number of hydrogen-bond donors (Lipinski definition) is 1. The average molecular weight is 429 g/mol. The number of aliphatic carboxylic acids is 1. The maximum Gasteiger partial charge on any atom is 0.311 e. The summed E-state index contributed by atoms with van der Waals surface area (Å²) in [4.78, 5) is 18.3. The normalized spacial score (nSPS) is 25.6. The minimum absolute atomic E-state index is 0. The number of likely N-dealkylation sites (tertiary alicyclic amines) is 1. The van der Waals surface area contributed by atoms with E-state index in [1.807, 2.05) is 24.3 Å². The molecule has 2 aromatic rings. The second-order valence-corrected chi connectivity index (χ2v) is 7.66. The smallest absolute Gasteiger partial charge is 0.311 e. The zero-order valence-corrected chi connectivity index (χ0v) is 15.9. The number of carboxylic acid groups (broad SMARTS) is 1. The number of hydrogen-bond acceptors (Lipinski definition) is 5. The van der Waals surface area contributed by atoms with Crippen LogP contribution in [-0.4, -0.2) is 39.2 Å². The Hall–Kier alpha value is -1.44. The first-order valence-corrected chi connectivity index (χ1v) is 8.90. The van der Waals surface area contributed by atoms with E-state index >= 15 is 0 Å². The molecule has 1 aromatic heterocycles. The van der Waals surface area contributed by atoms with Gasteiger partial charge in [-0.25, -0.2) is 0 Å². The van der Waals surface area contributed by atoms with Crippen LogP contribution in [0.25, 0.3) is 11.4 Å². The average Bonchev–Trinajstić information content (AvgIpc) is 3.21. The van der Waals surface area contributed by atoms with Gasteiger partial charge in [-0.05, 0) is 30.9 Å². The fourth-order valence-corrected chi connectivity index (χ4v) is 4.52.